The van der Waals surface area contributed by atoms with Gasteiger partial charge < -0.3 is 15.2 Å². The first kappa shape index (κ1) is 19.8. The number of hydrogen-bond donors (Lipinski definition) is 2. The lowest BCUT2D eigenvalue weighted by Crippen LogP contribution is -2.43. The largest absolute Gasteiger partial charge is 0.497 e. The Hall–Kier alpha value is -3.00. The Kier molecular flexibility index (Phi) is 5.33. The van der Waals surface area contributed by atoms with Crippen LogP contribution in [0.5, 0.6) is 5.75 Å². The lowest BCUT2D eigenvalue weighted by atomic mass is 9.87. The summed E-state index contributed by atoms with van der Waals surface area (Å²) in [5, 5.41) is 13.0. The molecule has 1 fully saturated rings. The number of ether oxygens (including phenoxy) is 1. The van der Waals surface area contributed by atoms with E-state index in [0.717, 1.165) is 17.0 Å². The van der Waals surface area contributed by atoms with Crippen LogP contribution in [0.2, 0.25) is 0 Å². The van der Waals surface area contributed by atoms with E-state index in [4.69, 9.17) is 4.74 Å². The van der Waals surface area contributed by atoms with Crippen molar-refractivity contribution in [3.63, 3.8) is 0 Å². The summed E-state index contributed by atoms with van der Waals surface area (Å²) in [5.41, 5.74) is -0.913. The van der Waals surface area contributed by atoms with Gasteiger partial charge in [0.15, 0.2) is 0 Å². The molecule has 1 saturated heterocycles. The molecule has 0 bridgehead atoms. The van der Waals surface area contributed by atoms with Gasteiger partial charge in [-0.25, -0.2) is 13.6 Å². The number of carbonyl (C=O) groups excluding carboxylic acids is 2. The number of nitrogens with zero attached hydrogens (tertiary/aromatic N) is 1. The first-order valence-electron chi connectivity index (χ1n) is 8.74. The van der Waals surface area contributed by atoms with Crippen molar-refractivity contribution in [3.05, 3.63) is 65.2 Å². The predicted molar refractivity (Wildman–Crippen MR) is 96.5 cm³/mol. The topological polar surface area (TPSA) is 78.9 Å². The number of rotatable bonds is 6. The second kappa shape index (κ2) is 7.55. The Morgan fingerprint density at radius 1 is 1.18 bits per heavy atom. The molecule has 148 valence electrons. The third kappa shape index (κ3) is 3.31. The molecule has 28 heavy (non-hydrogen) atoms. The molecular weight excluding hydrogens is 370 g/mol. The minimum atomic E-state index is -1.49. The number of hydrogen-bond acceptors (Lipinski definition) is 4. The second-order valence-electron chi connectivity index (χ2n) is 6.51. The fourth-order valence-corrected chi connectivity index (χ4v) is 3.35. The van der Waals surface area contributed by atoms with Crippen molar-refractivity contribution in [2.45, 2.75) is 25.0 Å². The minimum Gasteiger partial charge on any atom is -0.497 e. The van der Waals surface area contributed by atoms with Gasteiger partial charge in [0.25, 0.3) is 5.91 Å². The van der Waals surface area contributed by atoms with Gasteiger partial charge in [-0.2, -0.15) is 0 Å². The van der Waals surface area contributed by atoms with Crippen molar-refractivity contribution in [1.82, 2.24) is 10.2 Å². The smallest absolute Gasteiger partial charge is 0.325 e. The molecule has 0 spiro atoms. The Bertz CT molecular complexity index is 904. The van der Waals surface area contributed by atoms with E-state index < -0.39 is 41.8 Å². The Labute approximate surface area is 160 Å². The number of carbonyl (C=O) groups is 2. The molecule has 8 heteroatoms. The lowest BCUT2D eigenvalue weighted by Gasteiger charge is -2.26. The molecule has 0 saturated carbocycles. The Morgan fingerprint density at radius 2 is 1.86 bits per heavy atom. The van der Waals surface area contributed by atoms with Gasteiger partial charge in [-0.05, 0) is 30.2 Å². The van der Waals surface area contributed by atoms with E-state index >= 15 is 0 Å². The normalized spacial score (nSPS) is 20.2. The van der Waals surface area contributed by atoms with Crippen molar-refractivity contribution in [3.8, 4) is 5.75 Å². The molecule has 6 nitrogen and oxygen atoms in total. The van der Waals surface area contributed by atoms with E-state index in [-0.39, 0.29) is 12.0 Å². The third-order valence-electron chi connectivity index (χ3n) is 4.97. The van der Waals surface area contributed by atoms with Crippen molar-refractivity contribution >= 4 is 11.9 Å². The molecule has 1 aliphatic rings. The van der Waals surface area contributed by atoms with Crippen LogP contribution in [0.25, 0.3) is 0 Å². The maximum Gasteiger partial charge on any atom is 0.325 e. The molecule has 2 unspecified atom stereocenters. The van der Waals surface area contributed by atoms with Gasteiger partial charge in [0.05, 0.1) is 19.8 Å². The summed E-state index contributed by atoms with van der Waals surface area (Å²) in [6, 6.07) is 8.75. The summed E-state index contributed by atoms with van der Waals surface area (Å²) in [6.45, 7) is 1.30. The van der Waals surface area contributed by atoms with Gasteiger partial charge in [0, 0.05) is 11.6 Å². The van der Waals surface area contributed by atoms with Crippen LogP contribution in [0.4, 0.5) is 13.6 Å². The van der Waals surface area contributed by atoms with Crippen LogP contribution in [-0.2, 0) is 10.3 Å². The van der Waals surface area contributed by atoms with Gasteiger partial charge in [-0.1, -0.05) is 25.1 Å². The van der Waals surface area contributed by atoms with E-state index in [2.05, 4.69) is 5.32 Å². The molecule has 0 aliphatic carbocycles. The SMILES string of the molecule is CCC1(c2ccc(OC)cc2)NC(=O)N(CC(O)c2ccc(F)cc2F)C1=O. The van der Waals surface area contributed by atoms with Crippen molar-refractivity contribution < 1.29 is 28.2 Å². The number of aliphatic hydroxyl groups is 1. The van der Waals surface area contributed by atoms with Crippen LogP contribution < -0.4 is 10.1 Å². The zero-order valence-corrected chi connectivity index (χ0v) is 15.4. The highest BCUT2D eigenvalue weighted by Gasteiger charge is 2.51. The highest BCUT2D eigenvalue weighted by atomic mass is 19.1. The molecule has 2 N–H and O–H groups in total. The van der Waals surface area contributed by atoms with E-state index in [9.17, 15) is 23.5 Å². The summed E-state index contributed by atoms with van der Waals surface area (Å²) in [6.07, 6.45) is -1.21. The van der Waals surface area contributed by atoms with Gasteiger partial charge in [0.2, 0.25) is 0 Å². The first-order valence-corrected chi connectivity index (χ1v) is 8.74. The number of benzene rings is 2. The van der Waals surface area contributed by atoms with Crippen LogP contribution in [-0.4, -0.2) is 35.6 Å². The molecule has 1 aliphatic heterocycles. The summed E-state index contributed by atoms with van der Waals surface area (Å²) in [7, 11) is 1.52. The molecule has 3 amide bonds. The van der Waals surface area contributed by atoms with E-state index in [1.807, 2.05) is 0 Å². The average molecular weight is 390 g/mol. The molecule has 0 radical (unpaired) electrons. The Morgan fingerprint density at radius 3 is 2.43 bits per heavy atom. The van der Waals surface area contributed by atoms with Gasteiger partial charge in [-0.3, -0.25) is 9.69 Å². The van der Waals surface area contributed by atoms with Crippen LogP contribution >= 0.6 is 0 Å². The quantitative estimate of drug-likeness (QED) is 0.744. The zero-order valence-electron chi connectivity index (χ0n) is 15.4. The Balaban J connectivity index is 1.87. The standard InChI is InChI=1S/C20H20F2N2O4/c1-3-20(12-4-7-14(28-2)8-5-12)18(26)24(19(27)23-20)11-17(25)15-9-6-13(21)10-16(15)22/h4-10,17,25H,3,11H2,1-2H3,(H,23,27). The maximum atomic E-state index is 13.9. The number of urea groups is 1. The lowest BCUT2D eigenvalue weighted by molar-refractivity contribution is -0.132. The summed E-state index contributed by atoms with van der Waals surface area (Å²) in [4.78, 5) is 26.4. The molecule has 2 aromatic carbocycles. The second-order valence-corrected chi connectivity index (χ2v) is 6.51. The highest BCUT2D eigenvalue weighted by molar-refractivity contribution is 6.07. The third-order valence-corrected chi connectivity index (χ3v) is 4.97. The summed E-state index contributed by atoms with van der Waals surface area (Å²) < 4.78 is 32.1. The molecule has 0 aromatic heterocycles. The fourth-order valence-electron chi connectivity index (χ4n) is 3.35. The average Bonchev–Trinajstić information content (AvgIpc) is 2.93. The molecule has 3 rings (SSSR count). The number of β-amino-alcohol motifs (C(OH)–C–C–N with tert-alkyl or cyclic N) is 1. The molecule has 2 atom stereocenters. The molecule has 1 heterocycles. The van der Waals surface area contributed by atoms with Crippen molar-refractivity contribution in [2.24, 2.45) is 0 Å². The number of halogens is 2. The zero-order chi connectivity index (χ0) is 20.5. The van der Waals surface area contributed by atoms with E-state index in [1.165, 1.54) is 7.11 Å². The van der Waals surface area contributed by atoms with E-state index in [0.29, 0.717) is 17.4 Å². The van der Waals surface area contributed by atoms with Crippen LogP contribution in [0.1, 0.15) is 30.6 Å². The minimum absolute atomic E-state index is 0.194. The van der Waals surface area contributed by atoms with E-state index in [1.54, 1.807) is 31.2 Å². The number of amides is 3. The highest BCUT2D eigenvalue weighted by Crippen LogP contribution is 2.34. The number of imide groups is 1. The predicted octanol–water partition coefficient (Wildman–Crippen LogP) is 2.86. The van der Waals surface area contributed by atoms with Gasteiger partial charge >= 0.3 is 6.03 Å². The summed E-state index contributed by atoms with van der Waals surface area (Å²) >= 11 is 0. The van der Waals surface area contributed by atoms with Crippen LogP contribution in [0.15, 0.2) is 42.5 Å². The fraction of sp³-hybridized carbons (Fsp3) is 0.300. The number of aliphatic hydroxyl groups excluding tert-OH is 1. The first-order chi connectivity index (χ1) is 13.3. The monoisotopic (exact) mass is 390 g/mol. The number of methoxy groups -OCH3 is 1. The van der Waals surface area contributed by atoms with Gasteiger partial charge in [0.1, 0.15) is 22.9 Å². The number of nitrogens with one attached hydrogen (secondary N) is 1. The van der Waals surface area contributed by atoms with Gasteiger partial charge in [-0.15, -0.1) is 0 Å². The van der Waals surface area contributed by atoms with Crippen LogP contribution in [0.3, 0.4) is 0 Å². The van der Waals surface area contributed by atoms with Crippen molar-refractivity contribution in [1.29, 1.82) is 0 Å². The maximum absolute atomic E-state index is 13.9. The van der Waals surface area contributed by atoms with Crippen molar-refractivity contribution in [2.75, 3.05) is 13.7 Å². The molecule has 2 aromatic rings. The molecular formula is C20H20F2N2O4. The summed E-state index contributed by atoms with van der Waals surface area (Å²) in [5.74, 6) is -1.68. The van der Waals surface area contributed by atoms with Crippen LogP contribution in [0, 0.1) is 11.6 Å².